The Bertz CT molecular complexity index is 703. The number of anilines is 1. The summed E-state index contributed by atoms with van der Waals surface area (Å²) in [5, 5.41) is 6.15. The van der Waals surface area contributed by atoms with Crippen LogP contribution in [-0.2, 0) is 17.0 Å². The van der Waals surface area contributed by atoms with Crippen LogP contribution in [0.2, 0.25) is 0 Å². The van der Waals surface area contributed by atoms with Gasteiger partial charge in [0, 0.05) is 22.9 Å². The van der Waals surface area contributed by atoms with Crippen molar-refractivity contribution in [2.24, 2.45) is 0 Å². The van der Waals surface area contributed by atoms with Crippen LogP contribution in [0.5, 0.6) is 11.5 Å². The molecule has 1 aliphatic rings. The summed E-state index contributed by atoms with van der Waals surface area (Å²) < 4.78 is 11.0. The number of thioether (sulfide) groups is 1. The van der Waals surface area contributed by atoms with Gasteiger partial charge in [-0.3, -0.25) is 4.79 Å². The van der Waals surface area contributed by atoms with Gasteiger partial charge in [-0.15, -0.1) is 23.1 Å². The van der Waals surface area contributed by atoms with Gasteiger partial charge in [-0.05, 0) is 25.0 Å². The van der Waals surface area contributed by atoms with Crippen LogP contribution in [0.1, 0.15) is 24.0 Å². The van der Waals surface area contributed by atoms with Crippen LogP contribution in [0, 0.1) is 0 Å². The molecule has 0 spiro atoms. The van der Waals surface area contributed by atoms with Crippen molar-refractivity contribution in [1.29, 1.82) is 0 Å². The third-order valence-corrected chi connectivity index (χ3v) is 5.30. The molecule has 5 nitrogen and oxygen atoms in total. The van der Waals surface area contributed by atoms with Crippen molar-refractivity contribution in [1.82, 2.24) is 4.98 Å². The Morgan fingerprint density at radius 1 is 1.33 bits per heavy atom. The second-order valence-electron chi connectivity index (χ2n) is 5.38. The quantitative estimate of drug-likeness (QED) is 0.811. The van der Waals surface area contributed by atoms with E-state index in [4.69, 9.17) is 9.47 Å². The van der Waals surface area contributed by atoms with Gasteiger partial charge in [-0.2, -0.15) is 0 Å². The molecule has 0 radical (unpaired) electrons. The molecule has 0 saturated carbocycles. The van der Waals surface area contributed by atoms with Crippen LogP contribution in [0.25, 0.3) is 0 Å². The Morgan fingerprint density at radius 2 is 2.17 bits per heavy atom. The number of carbonyl (C=O) groups excluding carboxylic acids is 1. The van der Waals surface area contributed by atoms with E-state index in [-0.39, 0.29) is 5.91 Å². The highest BCUT2D eigenvalue weighted by atomic mass is 32.2. The van der Waals surface area contributed by atoms with Gasteiger partial charge >= 0.3 is 0 Å². The van der Waals surface area contributed by atoms with E-state index in [9.17, 15) is 4.79 Å². The maximum absolute atomic E-state index is 12.1. The predicted octanol–water partition coefficient (Wildman–Crippen LogP) is 3.74. The topological polar surface area (TPSA) is 60.5 Å². The zero-order valence-electron chi connectivity index (χ0n) is 13.5. The van der Waals surface area contributed by atoms with Crippen molar-refractivity contribution < 1.29 is 14.3 Å². The van der Waals surface area contributed by atoms with Gasteiger partial charge in [0.25, 0.3) is 0 Å². The molecule has 1 amide bonds. The van der Waals surface area contributed by atoms with Gasteiger partial charge in [0.05, 0.1) is 16.5 Å². The summed E-state index contributed by atoms with van der Waals surface area (Å²) in [4.78, 5) is 16.6. The van der Waals surface area contributed by atoms with Gasteiger partial charge in [-0.1, -0.05) is 6.92 Å². The molecule has 0 saturated heterocycles. The molecule has 0 fully saturated rings. The zero-order valence-corrected chi connectivity index (χ0v) is 15.2. The SMILES string of the molecule is CCCc1nc(CSCC(=O)Nc2ccc3c(c2)OCCO3)cs1. The standard InChI is InChI=1S/C17H20N2O3S2/c1-2-3-17-19-13(10-24-17)9-23-11-16(20)18-12-4-5-14-15(8-12)22-7-6-21-14/h4-5,8,10H,2-3,6-7,9,11H2,1H3,(H,18,20). The smallest absolute Gasteiger partial charge is 0.234 e. The number of ether oxygens (including phenoxy) is 2. The summed E-state index contributed by atoms with van der Waals surface area (Å²) in [6.45, 7) is 3.25. The number of benzene rings is 1. The summed E-state index contributed by atoms with van der Waals surface area (Å²) in [7, 11) is 0. The number of fused-ring (bicyclic) bond motifs is 1. The molecule has 2 aromatic rings. The lowest BCUT2D eigenvalue weighted by Crippen LogP contribution is -2.17. The number of hydrogen-bond acceptors (Lipinski definition) is 6. The minimum Gasteiger partial charge on any atom is -0.486 e. The third kappa shape index (κ3) is 4.64. The second-order valence-corrected chi connectivity index (χ2v) is 7.31. The largest absolute Gasteiger partial charge is 0.486 e. The second kappa shape index (κ2) is 8.39. The number of aryl methyl sites for hydroxylation is 1. The number of aromatic nitrogens is 1. The van der Waals surface area contributed by atoms with Crippen LogP contribution in [0.3, 0.4) is 0 Å². The van der Waals surface area contributed by atoms with E-state index in [0.717, 1.165) is 35.7 Å². The van der Waals surface area contributed by atoms with Crippen LogP contribution >= 0.6 is 23.1 Å². The highest BCUT2D eigenvalue weighted by molar-refractivity contribution is 7.99. The monoisotopic (exact) mass is 364 g/mol. The summed E-state index contributed by atoms with van der Waals surface area (Å²) >= 11 is 3.27. The molecule has 128 valence electrons. The Kier molecular flexibility index (Phi) is 5.98. The number of thiazole rings is 1. The van der Waals surface area contributed by atoms with E-state index in [0.29, 0.717) is 24.7 Å². The fraction of sp³-hybridized carbons (Fsp3) is 0.412. The average molecular weight is 364 g/mol. The van der Waals surface area contributed by atoms with Crippen LogP contribution in [0.15, 0.2) is 23.6 Å². The fourth-order valence-electron chi connectivity index (χ4n) is 2.31. The normalized spacial score (nSPS) is 12.9. The minimum absolute atomic E-state index is 0.0271. The van der Waals surface area contributed by atoms with E-state index in [2.05, 4.69) is 22.6 Å². The molecule has 1 aliphatic heterocycles. The van der Waals surface area contributed by atoms with E-state index >= 15 is 0 Å². The van der Waals surface area contributed by atoms with Gasteiger partial charge in [0.1, 0.15) is 13.2 Å². The Labute approximate surface area is 149 Å². The average Bonchev–Trinajstić information content (AvgIpc) is 3.02. The molecule has 1 aromatic carbocycles. The zero-order chi connectivity index (χ0) is 16.8. The van der Waals surface area contributed by atoms with Crippen molar-refractivity contribution in [2.75, 3.05) is 24.3 Å². The predicted molar refractivity (Wildman–Crippen MR) is 98.3 cm³/mol. The van der Waals surface area contributed by atoms with Crippen molar-refractivity contribution >= 4 is 34.7 Å². The van der Waals surface area contributed by atoms with Crippen LogP contribution in [-0.4, -0.2) is 29.9 Å². The molecule has 24 heavy (non-hydrogen) atoms. The van der Waals surface area contributed by atoms with Crippen molar-refractivity contribution in [3.63, 3.8) is 0 Å². The molecular weight excluding hydrogens is 344 g/mol. The summed E-state index contributed by atoms with van der Waals surface area (Å²) in [6.07, 6.45) is 2.14. The lowest BCUT2D eigenvalue weighted by molar-refractivity contribution is -0.113. The fourth-order valence-corrected chi connectivity index (χ4v) is 4.03. The summed E-state index contributed by atoms with van der Waals surface area (Å²) in [5.41, 5.74) is 1.78. The molecule has 7 heteroatoms. The summed E-state index contributed by atoms with van der Waals surface area (Å²) in [6, 6.07) is 5.45. The molecular formula is C17H20N2O3S2. The molecule has 3 rings (SSSR count). The number of amides is 1. The summed E-state index contributed by atoms with van der Waals surface area (Å²) in [5.74, 6) is 2.53. The van der Waals surface area contributed by atoms with Gasteiger partial charge in [-0.25, -0.2) is 4.98 Å². The van der Waals surface area contributed by atoms with Gasteiger partial charge < -0.3 is 14.8 Å². The van der Waals surface area contributed by atoms with E-state index in [1.54, 1.807) is 29.2 Å². The molecule has 1 aromatic heterocycles. The molecule has 2 heterocycles. The molecule has 1 N–H and O–H groups in total. The maximum Gasteiger partial charge on any atom is 0.234 e. The maximum atomic E-state index is 12.1. The first-order valence-corrected chi connectivity index (χ1v) is 9.98. The first-order valence-electron chi connectivity index (χ1n) is 7.95. The number of nitrogens with zero attached hydrogens (tertiary/aromatic N) is 1. The van der Waals surface area contributed by atoms with Gasteiger partial charge in [0.2, 0.25) is 5.91 Å². The Hall–Kier alpha value is -1.73. The number of nitrogens with one attached hydrogen (secondary N) is 1. The third-order valence-electron chi connectivity index (χ3n) is 3.37. The van der Waals surface area contributed by atoms with Crippen molar-refractivity contribution in [3.8, 4) is 11.5 Å². The number of rotatable bonds is 7. The van der Waals surface area contributed by atoms with Crippen molar-refractivity contribution in [3.05, 3.63) is 34.3 Å². The van der Waals surface area contributed by atoms with E-state index < -0.39 is 0 Å². The molecule has 0 unspecified atom stereocenters. The Morgan fingerprint density at radius 3 is 3.00 bits per heavy atom. The molecule has 0 atom stereocenters. The van der Waals surface area contributed by atoms with E-state index in [1.165, 1.54) is 5.01 Å². The Balaban J connectivity index is 1.45. The minimum atomic E-state index is -0.0271. The lowest BCUT2D eigenvalue weighted by Gasteiger charge is -2.18. The van der Waals surface area contributed by atoms with Crippen molar-refractivity contribution in [2.45, 2.75) is 25.5 Å². The van der Waals surface area contributed by atoms with E-state index in [1.807, 2.05) is 12.1 Å². The first-order chi connectivity index (χ1) is 11.7. The molecule has 0 aliphatic carbocycles. The van der Waals surface area contributed by atoms with Crippen LogP contribution < -0.4 is 14.8 Å². The highest BCUT2D eigenvalue weighted by Gasteiger charge is 2.13. The lowest BCUT2D eigenvalue weighted by atomic mass is 10.2. The van der Waals surface area contributed by atoms with Gasteiger partial charge in [0.15, 0.2) is 11.5 Å². The highest BCUT2D eigenvalue weighted by Crippen LogP contribution is 2.32. The van der Waals surface area contributed by atoms with Crippen LogP contribution in [0.4, 0.5) is 5.69 Å². The molecule has 0 bridgehead atoms. The first kappa shape index (κ1) is 17.1. The number of hydrogen-bond donors (Lipinski definition) is 1. The number of carbonyl (C=O) groups is 1.